The Morgan fingerprint density at radius 1 is 1.21 bits per heavy atom. The molecule has 2 amide bonds. The summed E-state index contributed by atoms with van der Waals surface area (Å²) < 4.78 is 19.4. The van der Waals surface area contributed by atoms with E-state index in [0.29, 0.717) is 43.3 Å². The molecule has 1 fully saturated rings. The molecule has 0 aromatic carbocycles. The van der Waals surface area contributed by atoms with Crippen molar-refractivity contribution in [1.82, 2.24) is 24.6 Å². The summed E-state index contributed by atoms with van der Waals surface area (Å²) >= 11 is 0. The largest absolute Gasteiger partial charge is 0.472 e. The number of nitrogens with one attached hydrogen (secondary N) is 1. The van der Waals surface area contributed by atoms with E-state index in [0.717, 1.165) is 11.1 Å². The van der Waals surface area contributed by atoms with Crippen molar-refractivity contribution in [3.8, 4) is 23.0 Å². The molecule has 206 valence electrons. The van der Waals surface area contributed by atoms with Gasteiger partial charge in [0.2, 0.25) is 11.8 Å². The molecule has 5 rings (SSSR count). The zero-order valence-electron chi connectivity index (χ0n) is 23.1. The van der Waals surface area contributed by atoms with Crippen LogP contribution in [0.4, 0.5) is 10.6 Å². The van der Waals surface area contributed by atoms with Crippen LogP contribution in [0.15, 0.2) is 36.7 Å². The summed E-state index contributed by atoms with van der Waals surface area (Å²) in [4.78, 5) is 36.9. The minimum Gasteiger partial charge on any atom is -0.472 e. The zero-order valence-corrected chi connectivity index (χ0v) is 23.1. The average molecular weight is 535 g/mol. The van der Waals surface area contributed by atoms with Crippen LogP contribution in [0.1, 0.15) is 57.0 Å². The van der Waals surface area contributed by atoms with Gasteiger partial charge < -0.3 is 24.4 Å². The van der Waals surface area contributed by atoms with Gasteiger partial charge in [-0.25, -0.2) is 9.78 Å². The summed E-state index contributed by atoms with van der Waals surface area (Å²) in [6.45, 7) is 10.2. The van der Waals surface area contributed by atoms with E-state index in [1.54, 1.807) is 27.9 Å². The molecule has 1 unspecified atom stereocenters. The van der Waals surface area contributed by atoms with Gasteiger partial charge in [0, 0.05) is 43.8 Å². The van der Waals surface area contributed by atoms with E-state index in [4.69, 9.17) is 14.2 Å². The lowest BCUT2D eigenvalue weighted by Gasteiger charge is -2.24. The number of carbonyl (C=O) groups excluding carboxylic acids is 2. The number of likely N-dealkylation sites (tertiary alicyclic amines) is 1. The second kappa shape index (κ2) is 9.87. The molecule has 1 saturated heterocycles. The van der Waals surface area contributed by atoms with Gasteiger partial charge >= 0.3 is 6.09 Å². The first-order valence-corrected chi connectivity index (χ1v) is 13.0. The van der Waals surface area contributed by atoms with Crippen molar-refractivity contribution in [2.24, 2.45) is 7.05 Å². The molecule has 11 nitrogen and oxygen atoms in total. The summed E-state index contributed by atoms with van der Waals surface area (Å²) in [6, 6.07) is 7.17. The summed E-state index contributed by atoms with van der Waals surface area (Å²) in [6.07, 6.45) is 4.03. The van der Waals surface area contributed by atoms with Crippen molar-refractivity contribution in [1.29, 1.82) is 0 Å². The molecule has 5 heterocycles. The van der Waals surface area contributed by atoms with Crippen LogP contribution < -0.4 is 14.8 Å². The number of hydrogen-bond acceptors (Lipinski definition) is 8. The summed E-state index contributed by atoms with van der Waals surface area (Å²) in [5.41, 5.74) is 1.60. The van der Waals surface area contributed by atoms with Gasteiger partial charge in [0.25, 0.3) is 5.91 Å². The molecule has 3 aromatic heterocycles. The van der Waals surface area contributed by atoms with Crippen LogP contribution in [0.25, 0.3) is 11.3 Å². The quantitative estimate of drug-likeness (QED) is 0.516. The van der Waals surface area contributed by atoms with Gasteiger partial charge in [0.05, 0.1) is 18.4 Å². The number of aryl methyl sites for hydroxylation is 1. The number of pyridine rings is 2. The first-order valence-electron chi connectivity index (χ1n) is 13.0. The molecule has 11 heteroatoms. The SMILES string of the molecule is Cn1cc(-c2cccc(NC(=O)c3cc4c(nc3OC3CCN(C(=O)OC(C)(C)C)C3)OC(C)(C)C4)n2)cn1. The van der Waals surface area contributed by atoms with Crippen molar-refractivity contribution in [2.45, 2.75) is 64.8 Å². The third-order valence-corrected chi connectivity index (χ3v) is 6.33. The van der Waals surface area contributed by atoms with E-state index in [1.165, 1.54) is 0 Å². The van der Waals surface area contributed by atoms with E-state index in [1.807, 2.05) is 60.0 Å². The highest BCUT2D eigenvalue weighted by molar-refractivity contribution is 6.05. The predicted molar refractivity (Wildman–Crippen MR) is 144 cm³/mol. The van der Waals surface area contributed by atoms with Gasteiger partial charge in [-0.1, -0.05) is 6.07 Å². The fraction of sp³-hybridized carbons (Fsp3) is 0.464. The minimum atomic E-state index is -0.588. The zero-order chi connectivity index (χ0) is 27.9. The number of ether oxygens (including phenoxy) is 3. The second-order valence-corrected chi connectivity index (χ2v) is 11.6. The van der Waals surface area contributed by atoms with Gasteiger partial charge in [0.1, 0.15) is 28.7 Å². The number of nitrogens with zero attached hydrogens (tertiary/aromatic N) is 5. The van der Waals surface area contributed by atoms with Gasteiger partial charge in [-0.2, -0.15) is 10.1 Å². The second-order valence-electron chi connectivity index (χ2n) is 11.6. The number of aromatic nitrogens is 4. The molecule has 0 bridgehead atoms. The minimum absolute atomic E-state index is 0.156. The molecule has 39 heavy (non-hydrogen) atoms. The fourth-order valence-electron chi connectivity index (χ4n) is 4.62. The van der Waals surface area contributed by atoms with Crippen molar-refractivity contribution < 1.29 is 23.8 Å². The summed E-state index contributed by atoms with van der Waals surface area (Å²) in [7, 11) is 1.83. The lowest BCUT2D eigenvalue weighted by molar-refractivity contribution is 0.0274. The van der Waals surface area contributed by atoms with E-state index in [9.17, 15) is 9.59 Å². The van der Waals surface area contributed by atoms with Crippen molar-refractivity contribution >= 4 is 17.8 Å². The molecule has 1 N–H and O–H groups in total. The number of amides is 2. The van der Waals surface area contributed by atoms with E-state index < -0.39 is 23.2 Å². The smallest absolute Gasteiger partial charge is 0.410 e. The predicted octanol–water partition coefficient (Wildman–Crippen LogP) is 4.23. The van der Waals surface area contributed by atoms with Crippen LogP contribution in [0.3, 0.4) is 0 Å². The molecule has 0 saturated carbocycles. The number of hydrogen-bond donors (Lipinski definition) is 1. The van der Waals surface area contributed by atoms with Gasteiger partial charge in [0.15, 0.2) is 0 Å². The maximum absolute atomic E-state index is 13.5. The molecule has 0 aliphatic carbocycles. The van der Waals surface area contributed by atoms with Gasteiger partial charge in [-0.15, -0.1) is 0 Å². The number of anilines is 1. The standard InChI is InChI=1S/C28H34N6O5/c1-27(2,3)39-26(36)34-11-10-19(16-34)37-25-20(12-17-13-28(4,5)38-24(17)32-25)23(35)31-22-9-7-8-21(30-22)18-14-29-33(6)15-18/h7-9,12,14-15,19H,10-11,13,16H2,1-6H3,(H,30,31,35). The Labute approximate surface area is 227 Å². The molecular weight excluding hydrogens is 500 g/mol. The normalized spacial score (nSPS) is 17.9. The maximum atomic E-state index is 13.5. The Bertz CT molecular complexity index is 1410. The Hall–Kier alpha value is -4.15. The summed E-state index contributed by atoms with van der Waals surface area (Å²) in [5.74, 6) is 0.595. The highest BCUT2D eigenvalue weighted by Gasteiger charge is 2.36. The Morgan fingerprint density at radius 3 is 2.72 bits per heavy atom. The molecular formula is C28H34N6O5. The summed E-state index contributed by atoms with van der Waals surface area (Å²) in [5, 5.41) is 7.07. The monoisotopic (exact) mass is 534 g/mol. The number of carbonyl (C=O) groups is 2. The van der Waals surface area contributed by atoms with Gasteiger partial charge in [-0.3, -0.25) is 9.48 Å². The van der Waals surface area contributed by atoms with Gasteiger partial charge in [-0.05, 0) is 52.8 Å². The maximum Gasteiger partial charge on any atom is 0.410 e. The highest BCUT2D eigenvalue weighted by Crippen LogP contribution is 2.37. The first kappa shape index (κ1) is 26.5. The molecule has 0 spiro atoms. The van der Waals surface area contributed by atoms with E-state index in [-0.39, 0.29) is 17.5 Å². The third kappa shape index (κ3) is 6.13. The van der Waals surface area contributed by atoms with E-state index >= 15 is 0 Å². The number of rotatable bonds is 5. The van der Waals surface area contributed by atoms with Crippen molar-refractivity contribution in [3.63, 3.8) is 0 Å². The fourth-order valence-corrected chi connectivity index (χ4v) is 4.62. The van der Waals surface area contributed by atoms with Crippen LogP contribution in [-0.2, 0) is 18.2 Å². The first-order chi connectivity index (χ1) is 18.3. The molecule has 1 atom stereocenters. The molecule has 2 aliphatic rings. The molecule has 2 aliphatic heterocycles. The molecule has 3 aromatic rings. The topological polar surface area (TPSA) is 121 Å². The molecule has 0 radical (unpaired) electrons. The average Bonchev–Trinajstić information content (AvgIpc) is 3.55. The van der Waals surface area contributed by atoms with Crippen molar-refractivity contribution in [2.75, 3.05) is 18.4 Å². The van der Waals surface area contributed by atoms with Crippen LogP contribution in [0.2, 0.25) is 0 Å². The highest BCUT2D eigenvalue weighted by atomic mass is 16.6. The van der Waals surface area contributed by atoms with E-state index in [2.05, 4.69) is 20.4 Å². The lowest BCUT2D eigenvalue weighted by Crippen LogP contribution is -2.36. The Kier molecular flexibility index (Phi) is 6.69. The Balaban J connectivity index is 1.37. The third-order valence-electron chi connectivity index (χ3n) is 6.33. The Morgan fingerprint density at radius 2 is 2.00 bits per heavy atom. The van der Waals surface area contributed by atoms with Crippen LogP contribution >= 0.6 is 0 Å². The number of fused-ring (bicyclic) bond motifs is 1. The van der Waals surface area contributed by atoms with Crippen LogP contribution in [-0.4, -0.2) is 67.0 Å². The van der Waals surface area contributed by atoms with Crippen LogP contribution in [0.5, 0.6) is 11.8 Å². The van der Waals surface area contributed by atoms with Crippen molar-refractivity contribution in [3.05, 3.63) is 47.8 Å². The lowest BCUT2D eigenvalue weighted by atomic mass is 10.0. The van der Waals surface area contributed by atoms with Crippen LogP contribution in [0, 0.1) is 0 Å².